The maximum absolute atomic E-state index is 4.42. The summed E-state index contributed by atoms with van der Waals surface area (Å²) in [6, 6.07) is 4.29. The molecule has 4 rings (SSSR count). The summed E-state index contributed by atoms with van der Waals surface area (Å²) in [5.41, 5.74) is 2.23. The predicted molar refractivity (Wildman–Crippen MR) is 80.8 cm³/mol. The van der Waals surface area contributed by atoms with E-state index in [1.165, 1.54) is 10.5 Å². The Bertz CT molecular complexity index is 759. The predicted octanol–water partition coefficient (Wildman–Crippen LogP) is 2.71. The van der Waals surface area contributed by atoms with Crippen LogP contribution < -0.4 is 4.90 Å². The van der Waals surface area contributed by atoms with Crippen LogP contribution in [0, 0.1) is 0 Å². The second-order valence-corrected chi connectivity index (χ2v) is 5.68. The standard InChI is InChI=1S/C14H13N5S/c1-2-12(20-7-1)10-3-5-19(6-4-10)14-11-8-17-18-13(11)15-9-16-14/h1-3,7-9H,4-6H2,(H,15,16,17,18). The molecule has 0 unspecified atom stereocenters. The Balaban J connectivity index is 1.64. The molecule has 0 atom stereocenters. The van der Waals surface area contributed by atoms with Crippen molar-refractivity contribution in [3.8, 4) is 0 Å². The number of aromatic amines is 1. The SMILES string of the molecule is C1=C(c2cccs2)CCN(c2ncnc3[nH]ncc23)C1. The Morgan fingerprint density at radius 1 is 1.30 bits per heavy atom. The molecular formula is C14H13N5S. The van der Waals surface area contributed by atoms with Gasteiger partial charge in [-0.3, -0.25) is 5.10 Å². The van der Waals surface area contributed by atoms with Gasteiger partial charge in [0.05, 0.1) is 11.6 Å². The lowest BCUT2D eigenvalue weighted by atomic mass is 10.1. The molecule has 0 spiro atoms. The van der Waals surface area contributed by atoms with Gasteiger partial charge in [0.15, 0.2) is 5.65 Å². The van der Waals surface area contributed by atoms with Crippen molar-refractivity contribution in [1.29, 1.82) is 0 Å². The van der Waals surface area contributed by atoms with E-state index in [0.29, 0.717) is 0 Å². The van der Waals surface area contributed by atoms with Crippen LogP contribution in [0.4, 0.5) is 5.82 Å². The lowest BCUT2D eigenvalue weighted by Gasteiger charge is -2.27. The van der Waals surface area contributed by atoms with Crippen molar-refractivity contribution in [2.45, 2.75) is 6.42 Å². The first-order valence-electron chi connectivity index (χ1n) is 6.54. The molecular weight excluding hydrogens is 270 g/mol. The van der Waals surface area contributed by atoms with Gasteiger partial charge in [0.25, 0.3) is 0 Å². The molecule has 0 aromatic carbocycles. The highest BCUT2D eigenvalue weighted by molar-refractivity contribution is 7.11. The van der Waals surface area contributed by atoms with Gasteiger partial charge in [-0.25, -0.2) is 9.97 Å². The smallest absolute Gasteiger partial charge is 0.160 e. The summed E-state index contributed by atoms with van der Waals surface area (Å²) in [7, 11) is 0. The van der Waals surface area contributed by atoms with Gasteiger partial charge < -0.3 is 4.90 Å². The molecule has 6 heteroatoms. The minimum atomic E-state index is 0.794. The molecule has 0 bridgehead atoms. The summed E-state index contributed by atoms with van der Waals surface area (Å²) in [5, 5.41) is 10.0. The van der Waals surface area contributed by atoms with Crippen molar-refractivity contribution < 1.29 is 0 Å². The maximum atomic E-state index is 4.42. The fraction of sp³-hybridized carbons (Fsp3) is 0.214. The summed E-state index contributed by atoms with van der Waals surface area (Å²) < 4.78 is 0. The summed E-state index contributed by atoms with van der Waals surface area (Å²) in [4.78, 5) is 12.3. The highest BCUT2D eigenvalue weighted by atomic mass is 32.1. The third-order valence-electron chi connectivity index (χ3n) is 3.57. The summed E-state index contributed by atoms with van der Waals surface area (Å²) >= 11 is 1.80. The van der Waals surface area contributed by atoms with Gasteiger partial charge in [-0.15, -0.1) is 11.3 Å². The van der Waals surface area contributed by atoms with E-state index in [4.69, 9.17) is 0 Å². The van der Waals surface area contributed by atoms with Gasteiger partial charge in [0, 0.05) is 18.0 Å². The number of hydrogen-bond acceptors (Lipinski definition) is 5. The summed E-state index contributed by atoms with van der Waals surface area (Å²) in [6.07, 6.45) is 6.73. The lowest BCUT2D eigenvalue weighted by molar-refractivity contribution is 0.820. The first-order valence-corrected chi connectivity index (χ1v) is 7.42. The number of nitrogens with zero attached hydrogens (tertiary/aromatic N) is 4. The van der Waals surface area contributed by atoms with Crippen LogP contribution in [0.1, 0.15) is 11.3 Å². The number of H-pyrrole nitrogens is 1. The molecule has 0 saturated heterocycles. The van der Waals surface area contributed by atoms with Crippen molar-refractivity contribution in [2.24, 2.45) is 0 Å². The van der Waals surface area contributed by atoms with Gasteiger partial charge in [-0.05, 0) is 23.4 Å². The topological polar surface area (TPSA) is 57.7 Å². The fourth-order valence-corrected chi connectivity index (χ4v) is 3.35. The van der Waals surface area contributed by atoms with Crippen LogP contribution in [0.15, 0.2) is 36.1 Å². The van der Waals surface area contributed by atoms with E-state index < -0.39 is 0 Å². The maximum Gasteiger partial charge on any atom is 0.160 e. The molecule has 1 aliphatic rings. The molecule has 4 heterocycles. The number of rotatable bonds is 2. The van der Waals surface area contributed by atoms with Crippen LogP contribution in [0.5, 0.6) is 0 Å². The third kappa shape index (κ3) is 1.89. The van der Waals surface area contributed by atoms with E-state index in [-0.39, 0.29) is 0 Å². The van der Waals surface area contributed by atoms with Gasteiger partial charge in [0.2, 0.25) is 0 Å². The first kappa shape index (κ1) is 11.6. The Labute approximate surface area is 120 Å². The number of fused-ring (bicyclic) bond motifs is 1. The van der Waals surface area contributed by atoms with E-state index >= 15 is 0 Å². The van der Waals surface area contributed by atoms with Crippen molar-refractivity contribution in [1.82, 2.24) is 20.2 Å². The average Bonchev–Trinajstić information content (AvgIpc) is 3.18. The van der Waals surface area contributed by atoms with Gasteiger partial charge in [0.1, 0.15) is 12.1 Å². The van der Waals surface area contributed by atoms with E-state index in [1.54, 1.807) is 23.9 Å². The van der Waals surface area contributed by atoms with E-state index in [1.807, 2.05) is 0 Å². The Kier molecular flexibility index (Phi) is 2.74. The Hall–Kier alpha value is -2.21. The normalized spacial score (nSPS) is 15.6. The number of aromatic nitrogens is 4. The molecule has 0 saturated carbocycles. The van der Waals surface area contributed by atoms with Crippen LogP contribution >= 0.6 is 11.3 Å². The first-order chi connectivity index (χ1) is 9.92. The zero-order valence-electron chi connectivity index (χ0n) is 10.8. The van der Waals surface area contributed by atoms with Crippen LogP contribution in [0.25, 0.3) is 16.6 Å². The molecule has 5 nitrogen and oxygen atoms in total. The summed E-state index contributed by atoms with van der Waals surface area (Å²) in [5.74, 6) is 0.963. The van der Waals surface area contributed by atoms with Gasteiger partial charge >= 0.3 is 0 Å². The van der Waals surface area contributed by atoms with Crippen LogP contribution in [-0.4, -0.2) is 33.3 Å². The number of hydrogen-bond donors (Lipinski definition) is 1. The zero-order valence-corrected chi connectivity index (χ0v) is 11.6. The molecule has 3 aromatic rings. The molecule has 3 aromatic heterocycles. The van der Waals surface area contributed by atoms with Gasteiger partial charge in [-0.1, -0.05) is 12.1 Å². The Morgan fingerprint density at radius 2 is 2.30 bits per heavy atom. The number of anilines is 1. The minimum Gasteiger partial charge on any atom is -0.352 e. The van der Waals surface area contributed by atoms with Crippen LogP contribution in [-0.2, 0) is 0 Å². The fourth-order valence-electron chi connectivity index (χ4n) is 2.55. The Morgan fingerprint density at radius 3 is 3.10 bits per heavy atom. The van der Waals surface area contributed by atoms with Crippen molar-refractivity contribution in [3.63, 3.8) is 0 Å². The molecule has 0 amide bonds. The molecule has 0 aliphatic carbocycles. The largest absolute Gasteiger partial charge is 0.352 e. The van der Waals surface area contributed by atoms with E-state index in [2.05, 4.69) is 48.7 Å². The average molecular weight is 283 g/mol. The second kappa shape index (κ2) is 4.72. The zero-order chi connectivity index (χ0) is 13.4. The van der Waals surface area contributed by atoms with Crippen molar-refractivity contribution >= 4 is 33.8 Å². The quantitative estimate of drug-likeness (QED) is 0.785. The van der Waals surface area contributed by atoms with Crippen molar-refractivity contribution in [3.05, 3.63) is 41.0 Å². The highest BCUT2D eigenvalue weighted by Gasteiger charge is 2.17. The monoisotopic (exact) mass is 283 g/mol. The number of nitrogens with one attached hydrogen (secondary N) is 1. The molecule has 1 N–H and O–H groups in total. The molecule has 0 fully saturated rings. The molecule has 100 valence electrons. The van der Waals surface area contributed by atoms with Crippen LogP contribution in [0.2, 0.25) is 0 Å². The summed E-state index contributed by atoms with van der Waals surface area (Å²) in [6.45, 7) is 1.85. The van der Waals surface area contributed by atoms with Crippen LogP contribution in [0.3, 0.4) is 0 Å². The van der Waals surface area contributed by atoms with Crippen molar-refractivity contribution in [2.75, 3.05) is 18.0 Å². The third-order valence-corrected chi connectivity index (χ3v) is 4.52. The lowest BCUT2D eigenvalue weighted by Crippen LogP contribution is -2.29. The molecule has 1 aliphatic heterocycles. The number of thiophene rings is 1. The highest BCUT2D eigenvalue weighted by Crippen LogP contribution is 2.29. The second-order valence-electron chi connectivity index (χ2n) is 4.73. The van der Waals surface area contributed by atoms with E-state index in [0.717, 1.165) is 36.4 Å². The van der Waals surface area contributed by atoms with E-state index in [9.17, 15) is 0 Å². The molecule has 20 heavy (non-hydrogen) atoms. The van der Waals surface area contributed by atoms with Gasteiger partial charge in [-0.2, -0.15) is 5.10 Å². The molecule has 0 radical (unpaired) electrons. The minimum absolute atomic E-state index is 0.794.